The first kappa shape index (κ1) is 18.4. The molecule has 1 fully saturated rings. The Morgan fingerprint density at radius 3 is 2.38 bits per heavy atom. The number of fused-ring (bicyclic) bond motifs is 1. The third-order valence-corrected chi connectivity index (χ3v) is 4.66. The summed E-state index contributed by atoms with van der Waals surface area (Å²) in [7, 11) is 1.69. The second-order valence-electron chi connectivity index (χ2n) is 8.07. The number of aryl methyl sites for hydroxylation is 1. The van der Waals surface area contributed by atoms with Crippen molar-refractivity contribution in [1.82, 2.24) is 9.47 Å². The van der Waals surface area contributed by atoms with Crippen molar-refractivity contribution in [3.8, 4) is 0 Å². The molecule has 0 spiro atoms. The van der Waals surface area contributed by atoms with Crippen LogP contribution in [0.25, 0.3) is 11.1 Å². The van der Waals surface area contributed by atoms with E-state index >= 15 is 0 Å². The zero-order valence-electron chi connectivity index (χ0n) is 16.3. The summed E-state index contributed by atoms with van der Waals surface area (Å²) >= 11 is 0. The summed E-state index contributed by atoms with van der Waals surface area (Å²) < 4.78 is 12.3. The summed E-state index contributed by atoms with van der Waals surface area (Å²) in [6.45, 7) is 11.0. The number of hydrogen-bond acceptors (Lipinski definition) is 5. The van der Waals surface area contributed by atoms with Crippen LogP contribution in [-0.2, 0) is 11.8 Å². The van der Waals surface area contributed by atoms with Crippen LogP contribution < -0.4 is 10.7 Å². The van der Waals surface area contributed by atoms with Gasteiger partial charge in [-0.3, -0.25) is 9.47 Å². The van der Waals surface area contributed by atoms with Gasteiger partial charge in [-0.2, -0.15) is 0 Å². The fourth-order valence-electron chi connectivity index (χ4n) is 3.53. The van der Waals surface area contributed by atoms with Gasteiger partial charge in [0.1, 0.15) is 5.60 Å². The van der Waals surface area contributed by atoms with Crippen molar-refractivity contribution in [2.75, 3.05) is 18.0 Å². The normalized spacial score (nSPS) is 21.3. The van der Waals surface area contributed by atoms with E-state index in [-0.39, 0.29) is 23.9 Å². The largest absolute Gasteiger partial charge is 0.444 e. The molecule has 1 aliphatic rings. The fourth-order valence-corrected chi connectivity index (χ4v) is 3.53. The molecule has 2 unspecified atom stereocenters. The molecule has 2 heterocycles. The first-order valence-electron chi connectivity index (χ1n) is 8.92. The lowest BCUT2D eigenvalue weighted by atomic mass is 10.1. The molecule has 2 aromatic rings. The highest BCUT2D eigenvalue weighted by Gasteiger charge is 2.35. The van der Waals surface area contributed by atoms with E-state index in [1.807, 2.05) is 57.7 Å². The maximum atomic E-state index is 12.5. The number of benzene rings is 1. The minimum absolute atomic E-state index is 0.00655. The van der Waals surface area contributed by atoms with Crippen molar-refractivity contribution in [2.45, 2.75) is 52.3 Å². The average Bonchev–Trinajstić information content (AvgIpc) is 2.79. The van der Waals surface area contributed by atoms with E-state index in [4.69, 9.17) is 9.15 Å². The topological polar surface area (TPSA) is 67.9 Å². The Bertz CT molecular complexity index is 865. The van der Waals surface area contributed by atoms with Crippen LogP contribution in [0.15, 0.2) is 27.4 Å². The van der Waals surface area contributed by atoms with Gasteiger partial charge in [0, 0.05) is 31.9 Å². The Kier molecular flexibility index (Phi) is 4.50. The highest BCUT2D eigenvalue weighted by atomic mass is 16.6. The molecule has 7 nitrogen and oxygen atoms in total. The molecule has 2 atom stereocenters. The Hall–Kier alpha value is -2.44. The van der Waals surface area contributed by atoms with Gasteiger partial charge < -0.3 is 14.1 Å². The van der Waals surface area contributed by atoms with Crippen LogP contribution in [0.3, 0.4) is 0 Å². The number of amides is 1. The van der Waals surface area contributed by atoms with E-state index in [0.29, 0.717) is 18.7 Å². The molecule has 0 aliphatic carbocycles. The summed E-state index contributed by atoms with van der Waals surface area (Å²) in [5.74, 6) is -0.367. The van der Waals surface area contributed by atoms with Crippen LogP contribution in [0.5, 0.6) is 0 Å². The Labute approximate surface area is 153 Å². The minimum atomic E-state index is -0.510. The Balaban J connectivity index is 1.80. The number of aromatic nitrogens is 1. The molecule has 1 aromatic heterocycles. The first-order chi connectivity index (χ1) is 12.1. The van der Waals surface area contributed by atoms with E-state index in [1.165, 1.54) is 4.57 Å². The number of carbonyl (C=O) groups is 1. The van der Waals surface area contributed by atoms with Crippen LogP contribution in [-0.4, -0.2) is 46.3 Å². The molecule has 1 saturated heterocycles. The van der Waals surface area contributed by atoms with E-state index in [2.05, 4.69) is 4.90 Å². The predicted molar refractivity (Wildman–Crippen MR) is 101 cm³/mol. The van der Waals surface area contributed by atoms with Crippen LogP contribution >= 0.6 is 0 Å². The summed E-state index contributed by atoms with van der Waals surface area (Å²) in [4.78, 5) is 28.2. The highest BCUT2D eigenvalue weighted by molar-refractivity contribution is 5.78. The van der Waals surface area contributed by atoms with Crippen molar-refractivity contribution < 1.29 is 13.9 Å². The number of rotatable bonds is 1. The number of piperazine rings is 1. The Morgan fingerprint density at radius 2 is 1.81 bits per heavy atom. The van der Waals surface area contributed by atoms with Crippen LogP contribution in [0.1, 0.15) is 34.6 Å². The molecule has 7 heteroatoms. The van der Waals surface area contributed by atoms with E-state index < -0.39 is 5.60 Å². The molecule has 26 heavy (non-hydrogen) atoms. The molecule has 3 rings (SSSR count). The van der Waals surface area contributed by atoms with Gasteiger partial charge in [-0.05, 0) is 46.8 Å². The molecule has 0 radical (unpaired) electrons. The number of carbonyl (C=O) groups excluding carboxylic acids is 1. The molecule has 1 aliphatic heterocycles. The minimum Gasteiger partial charge on any atom is -0.444 e. The lowest BCUT2D eigenvalue weighted by Crippen LogP contribution is -2.59. The van der Waals surface area contributed by atoms with Crippen molar-refractivity contribution in [3.05, 3.63) is 28.7 Å². The summed E-state index contributed by atoms with van der Waals surface area (Å²) in [6, 6.07) is 5.78. The van der Waals surface area contributed by atoms with Gasteiger partial charge in [0.15, 0.2) is 5.58 Å². The zero-order valence-corrected chi connectivity index (χ0v) is 16.3. The maximum Gasteiger partial charge on any atom is 0.419 e. The summed E-state index contributed by atoms with van der Waals surface area (Å²) in [6.07, 6.45) is -0.276. The molecule has 0 bridgehead atoms. The second-order valence-corrected chi connectivity index (χ2v) is 8.07. The third-order valence-electron chi connectivity index (χ3n) is 4.66. The van der Waals surface area contributed by atoms with E-state index in [0.717, 1.165) is 11.2 Å². The Morgan fingerprint density at radius 1 is 1.19 bits per heavy atom. The summed E-state index contributed by atoms with van der Waals surface area (Å²) in [5.41, 5.74) is 1.82. The molecule has 0 saturated carbocycles. The van der Waals surface area contributed by atoms with Crippen molar-refractivity contribution >= 4 is 22.9 Å². The number of nitrogens with zero attached hydrogens (tertiary/aromatic N) is 3. The highest BCUT2D eigenvalue weighted by Crippen LogP contribution is 2.27. The van der Waals surface area contributed by atoms with Gasteiger partial charge in [0.25, 0.3) is 0 Å². The molecule has 142 valence electrons. The van der Waals surface area contributed by atoms with Gasteiger partial charge in [0.05, 0.1) is 17.6 Å². The monoisotopic (exact) mass is 361 g/mol. The molecular weight excluding hydrogens is 334 g/mol. The first-order valence-corrected chi connectivity index (χ1v) is 8.92. The number of hydrogen-bond donors (Lipinski definition) is 0. The van der Waals surface area contributed by atoms with Crippen LogP contribution in [0, 0.1) is 0 Å². The fraction of sp³-hybridized carbons (Fsp3) is 0.579. The van der Waals surface area contributed by atoms with E-state index in [1.54, 1.807) is 7.05 Å². The second kappa shape index (κ2) is 6.37. The predicted octanol–water partition coefficient (Wildman–Crippen LogP) is 2.97. The van der Waals surface area contributed by atoms with Crippen molar-refractivity contribution in [1.29, 1.82) is 0 Å². The van der Waals surface area contributed by atoms with E-state index in [9.17, 15) is 9.59 Å². The standard InChI is InChI=1S/C19H27N3O4/c1-12-10-21(11-13(2)22(12)18(24)26-19(3,4)5)14-7-8-15-16(9-14)25-17(23)20(15)6/h7-9,12-13H,10-11H2,1-6H3. The maximum absolute atomic E-state index is 12.5. The quantitative estimate of drug-likeness (QED) is 0.781. The zero-order chi connectivity index (χ0) is 19.2. The molecular formula is C19H27N3O4. The van der Waals surface area contributed by atoms with Gasteiger partial charge in [-0.1, -0.05) is 0 Å². The molecule has 0 N–H and O–H groups in total. The van der Waals surface area contributed by atoms with Gasteiger partial charge in [-0.15, -0.1) is 0 Å². The van der Waals surface area contributed by atoms with Crippen molar-refractivity contribution in [3.63, 3.8) is 0 Å². The molecule has 1 aromatic carbocycles. The smallest absolute Gasteiger partial charge is 0.419 e. The lowest BCUT2D eigenvalue weighted by Gasteiger charge is -2.45. The van der Waals surface area contributed by atoms with Crippen molar-refractivity contribution in [2.24, 2.45) is 7.05 Å². The average molecular weight is 361 g/mol. The third kappa shape index (κ3) is 3.43. The van der Waals surface area contributed by atoms with Crippen LogP contribution in [0.4, 0.5) is 10.5 Å². The van der Waals surface area contributed by atoms with Gasteiger partial charge in [0.2, 0.25) is 0 Å². The van der Waals surface area contributed by atoms with Gasteiger partial charge >= 0.3 is 11.8 Å². The lowest BCUT2D eigenvalue weighted by molar-refractivity contribution is 0.00566. The number of anilines is 1. The van der Waals surface area contributed by atoms with Gasteiger partial charge in [-0.25, -0.2) is 9.59 Å². The van der Waals surface area contributed by atoms with Crippen LogP contribution in [0.2, 0.25) is 0 Å². The SMILES string of the molecule is CC1CN(c2ccc3c(c2)oc(=O)n3C)CC(C)N1C(=O)OC(C)(C)C. The number of ether oxygens (including phenoxy) is 1. The number of oxazole rings is 1. The summed E-state index contributed by atoms with van der Waals surface area (Å²) in [5, 5.41) is 0. The molecule has 1 amide bonds.